The third-order valence-electron chi connectivity index (χ3n) is 13.8. The molecule has 26 nitrogen and oxygen atoms in total. The first-order valence-electron chi connectivity index (χ1n) is 30.4. The van der Waals surface area contributed by atoms with Gasteiger partial charge >= 0.3 is 23.9 Å². The van der Waals surface area contributed by atoms with Crippen molar-refractivity contribution in [2.75, 3.05) is 79.5 Å². The van der Waals surface area contributed by atoms with Gasteiger partial charge in [-0.25, -0.2) is 14.4 Å². The summed E-state index contributed by atoms with van der Waals surface area (Å²) in [5.74, 6) is -7.88. The Hall–Kier alpha value is -5.83. The number of carboxylic acids is 4. The van der Waals surface area contributed by atoms with E-state index >= 15 is 0 Å². The van der Waals surface area contributed by atoms with Gasteiger partial charge < -0.3 is 81.4 Å². The first-order valence-corrected chi connectivity index (χ1v) is 30.4. The molecule has 0 saturated carbocycles. The molecule has 0 saturated heterocycles. The summed E-state index contributed by atoms with van der Waals surface area (Å²) in [4.78, 5) is 132. The average molecular weight is 1200 g/mol. The van der Waals surface area contributed by atoms with Crippen molar-refractivity contribution >= 4 is 65.6 Å². The molecule has 0 fully saturated rings. The Morgan fingerprint density at radius 2 is 0.750 bits per heavy atom. The van der Waals surface area contributed by atoms with Gasteiger partial charge in [0.1, 0.15) is 37.6 Å². The smallest absolute Gasteiger partial charge is 0.326 e. The van der Waals surface area contributed by atoms with E-state index in [0.29, 0.717) is 32.2 Å². The van der Waals surface area contributed by atoms with Gasteiger partial charge in [-0.2, -0.15) is 0 Å². The number of aliphatic carboxylic acids is 4. The first kappa shape index (κ1) is 78.2. The van der Waals surface area contributed by atoms with Crippen LogP contribution in [0.3, 0.4) is 0 Å². The van der Waals surface area contributed by atoms with Crippen LogP contribution in [0.1, 0.15) is 200 Å². The maximum absolute atomic E-state index is 12.6. The molecule has 0 aromatic rings. The van der Waals surface area contributed by atoms with Crippen LogP contribution in [-0.2, 0) is 71.7 Å². The van der Waals surface area contributed by atoms with Gasteiger partial charge in [0.2, 0.25) is 35.4 Å². The maximum Gasteiger partial charge on any atom is 0.326 e. The van der Waals surface area contributed by atoms with E-state index in [1.165, 1.54) is 32.1 Å². The number of nitrogens with one attached hydrogen (secondary N) is 7. The number of carbonyl (C=O) groups excluding carboxylic acids is 7. The minimum absolute atomic E-state index is 0.0413. The molecule has 484 valence electrons. The summed E-state index contributed by atoms with van der Waals surface area (Å²) in [6.45, 7) is 2.46. The number of carboxylic acid groups (broad SMARTS) is 4. The maximum atomic E-state index is 12.6. The van der Waals surface area contributed by atoms with Gasteiger partial charge in [-0.05, 0) is 64.8 Å². The summed E-state index contributed by atoms with van der Waals surface area (Å²) in [5, 5.41) is 55.6. The molecule has 0 aliphatic heterocycles. The minimum Gasteiger partial charge on any atom is -0.481 e. The standard InChI is InChI=1S/C58H103N7O19/c1-3-4-5-20-31-58(44-66,59-2)32-21-22-33-60-48(67)28-25-46(56(77)78)64-51(70)30-27-47(57(79)80)65-53(72)43-84-41-39-82-37-35-62-52(71)42-83-40-38-81-36-34-61-49(68)29-26-45(55(75)76)63-50(69)23-18-16-14-12-10-8-6-7-9-11-13-15-17-19-24-54(73)74/h44-47,59H,3-43H2,1-2H3,(H,60,67)(H,61,68)(H,62,71)(H,63,69)(H,64,70)(H,65,72)(H,73,74)(H,75,76)(H,77,78)(H,79,80). The molecule has 84 heavy (non-hydrogen) atoms. The Kier molecular flexibility index (Phi) is 49.0. The quantitative estimate of drug-likeness (QED) is 0.0302. The second-order valence-corrected chi connectivity index (χ2v) is 21.0. The Balaban J connectivity index is 4.04. The van der Waals surface area contributed by atoms with Crippen LogP contribution in [0.5, 0.6) is 0 Å². The van der Waals surface area contributed by atoms with Gasteiger partial charge in [0.05, 0.1) is 45.2 Å². The van der Waals surface area contributed by atoms with Gasteiger partial charge in [-0.1, -0.05) is 110 Å². The number of hydrogen-bond acceptors (Lipinski definition) is 16. The highest BCUT2D eigenvalue weighted by atomic mass is 16.5. The van der Waals surface area contributed by atoms with Crippen LogP contribution in [0.2, 0.25) is 0 Å². The second kappa shape index (κ2) is 52.7. The Morgan fingerprint density at radius 3 is 1.18 bits per heavy atom. The number of rotatable bonds is 60. The number of unbranched alkanes of at least 4 members (excludes halogenated alkanes) is 17. The lowest BCUT2D eigenvalue weighted by Gasteiger charge is -2.27. The summed E-state index contributed by atoms with van der Waals surface area (Å²) < 4.78 is 21.3. The minimum atomic E-state index is -1.48. The van der Waals surface area contributed by atoms with E-state index < -0.39 is 90.1 Å². The largest absolute Gasteiger partial charge is 0.481 e. The lowest BCUT2D eigenvalue weighted by Crippen LogP contribution is -2.45. The molecule has 0 aromatic heterocycles. The summed E-state index contributed by atoms with van der Waals surface area (Å²) in [7, 11) is 1.76. The second-order valence-electron chi connectivity index (χ2n) is 21.0. The van der Waals surface area contributed by atoms with Crippen LogP contribution in [-0.4, -0.2) is 189 Å². The molecule has 26 heteroatoms. The average Bonchev–Trinajstić information content (AvgIpc) is 3.46. The van der Waals surface area contributed by atoms with E-state index in [9.17, 15) is 68.1 Å². The third-order valence-corrected chi connectivity index (χ3v) is 13.8. The van der Waals surface area contributed by atoms with Gasteiger partial charge in [-0.15, -0.1) is 0 Å². The zero-order valence-corrected chi connectivity index (χ0v) is 50.2. The number of carbonyl (C=O) groups is 11. The summed E-state index contributed by atoms with van der Waals surface area (Å²) >= 11 is 0. The highest BCUT2D eigenvalue weighted by molar-refractivity contribution is 5.87. The lowest BCUT2D eigenvalue weighted by molar-refractivity contribution is -0.144. The van der Waals surface area contributed by atoms with Gasteiger partial charge in [0.15, 0.2) is 0 Å². The van der Waals surface area contributed by atoms with E-state index in [4.69, 9.17) is 24.1 Å². The van der Waals surface area contributed by atoms with E-state index in [-0.39, 0.29) is 110 Å². The zero-order chi connectivity index (χ0) is 62.5. The van der Waals surface area contributed by atoms with Gasteiger partial charge in [0, 0.05) is 51.7 Å². The van der Waals surface area contributed by atoms with Gasteiger partial charge in [0.25, 0.3) is 0 Å². The lowest BCUT2D eigenvalue weighted by atomic mass is 9.88. The molecule has 0 aromatic carbocycles. The Labute approximate surface area is 496 Å². The molecule has 0 radical (unpaired) electrons. The van der Waals surface area contributed by atoms with Crippen LogP contribution in [0.4, 0.5) is 0 Å². The molecule has 0 aliphatic carbocycles. The van der Waals surface area contributed by atoms with E-state index in [0.717, 1.165) is 89.8 Å². The number of likely N-dealkylation sites (N-methyl/N-ethyl adjacent to an activating group) is 1. The topological polar surface area (TPSA) is 390 Å². The van der Waals surface area contributed by atoms with Crippen molar-refractivity contribution in [1.82, 2.24) is 37.2 Å². The summed E-state index contributed by atoms with van der Waals surface area (Å²) in [6, 6.07) is -4.07. The number of aldehydes is 1. The molecule has 4 atom stereocenters. The van der Waals surface area contributed by atoms with Gasteiger partial charge in [-0.3, -0.25) is 33.6 Å². The molecule has 0 spiro atoms. The highest BCUT2D eigenvalue weighted by Gasteiger charge is 2.27. The van der Waals surface area contributed by atoms with Crippen LogP contribution in [0, 0.1) is 0 Å². The highest BCUT2D eigenvalue weighted by Crippen LogP contribution is 2.20. The molecule has 6 amide bonds. The van der Waals surface area contributed by atoms with Crippen molar-refractivity contribution in [3.8, 4) is 0 Å². The molecule has 11 N–H and O–H groups in total. The SMILES string of the molecule is CCCCCCC(C=O)(CCCCNC(=O)CCC(NC(=O)CCC(NC(=O)COCCOCCNC(=O)COCCOCCNC(=O)CCC(NC(=O)CCCCCCCCCCCCCCCCC(=O)O)C(=O)O)C(=O)O)C(=O)O)NC. The molecular formula is C58H103N7O19. The zero-order valence-electron chi connectivity index (χ0n) is 50.2. The fraction of sp³-hybridized carbons (Fsp3) is 0.810. The monoisotopic (exact) mass is 1200 g/mol. The molecular weight excluding hydrogens is 1100 g/mol. The molecule has 0 aliphatic rings. The molecule has 0 rings (SSSR count). The van der Waals surface area contributed by atoms with Crippen molar-refractivity contribution in [2.45, 2.75) is 223 Å². The third kappa shape index (κ3) is 46.5. The van der Waals surface area contributed by atoms with Crippen LogP contribution in [0.15, 0.2) is 0 Å². The number of hydrogen-bond donors (Lipinski definition) is 11. The molecule has 0 bridgehead atoms. The fourth-order valence-electron chi connectivity index (χ4n) is 8.79. The Bertz CT molecular complexity index is 1880. The van der Waals surface area contributed by atoms with Crippen LogP contribution in [0.25, 0.3) is 0 Å². The van der Waals surface area contributed by atoms with Crippen LogP contribution >= 0.6 is 0 Å². The van der Waals surface area contributed by atoms with E-state index in [1.54, 1.807) is 7.05 Å². The van der Waals surface area contributed by atoms with E-state index in [2.05, 4.69) is 44.1 Å². The fourth-order valence-corrected chi connectivity index (χ4v) is 8.79. The Morgan fingerprint density at radius 1 is 0.393 bits per heavy atom. The van der Waals surface area contributed by atoms with Crippen molar-refractivity contribution < 1.29 is 92.1 Å². The molecule has 0 heterocycles. The normalized spacial score (nSPS) is 12.9. The predicted octanol–water partition coefficient (Wildman–Crippen LogP) is 4.07. The number of amides is 6. The van der Waals surface area contributed by atoms with Crippen LogP contribution < -0.4 is 37.2 Å². The summed E-state index contributed by atoms with van der Waals surface area (Å²) in [6.07, 6.45) is 21.7. The number of ether oxygens (including phenoxy) is 4. The predicted molar refractivity (Wildman–Crippen MR) is 311 cm³/mol. The first-order chi connectivity index (χ1) is 40.4. The van der Waals surface area contributed by atoms with Crippen molar-refractivity contribution in [3.63, 3.8) is 0 Å². The van der Waals surface area contributed by atoms with E-state index in [1.807, 2.05) is 0 Å². The summed E-state index contributed by atoms with van der Waals surface area (Å²) in [5.41, 5.74) is -0.609. The molecule has 4 unspecified atom stereocenters. The van der Waals surface area contributed by atoms with Crippen molar-refractivity contribution in [3.05, 3.63) is 0 Å². The van der Waals surface area contributed by atoms with Crippen molar-refractivity contribution in [2.24, 2.45) is 0 Å². The van der Waals surface area contributed by atoms with Crippen molar-refractivity contribution in [1.29, 1.82) is 0 Å².